The van der Waals surface area contributed by atoms with E-state index in [1.807, 2.05) is 36.7 Å². The highest BCUT2D eigenvalue weighted by atomic mass is 16.3. The van der Waals surface area contributed by atoms with Gasteiger partial charge in [-0.25, -0.2) is 4.99 Å². The fourth-order valence-corrected chi connectivity index (χ4v) is 7.96. The molecule has 3 aromatic heterocycles. The zero-order valence-corrected chi connectivity index (χ0v) is 25.7. The summed E-state index contributed by atoms with van der Waals surface area (Å²) in [5, 5.41) is 11.0. The number of rotatable bonds is 2. The van der Waals surface area contributed by atoms with Crippen molar-refractivity contribution in [2.24, 2.45) is 4.99 Å². The molecule has 0 amide bonds. The number of anilines is 1. The van der Waals surface area contributed by atoms with Crippen molar-refractivity contribution in [2.75, 3.05) is 5.32 Å². The first-order valence-corrected chi connectivity index (χ1v) is 16.3. The van der Waals surface area contributed by atoms with Gasteiger partial charge < -0.3 is 14.3 Å². The third kappa shape index (κ3) is 3.50. The van der Waals surface area contributed by atoms with Crippen LogP contribution in [-0.2, 0) is 0 Å². The van der Waals surface area contributed by atoms with Crippen LogP contribution in [0.25, 0.3) is 72.4 Å². The highest BCUT2D eigenvalue weighted by Crippen LogP contribution is 2.45. The maximum atomic E-state index is 6.42. The number of aromatic nitrogens is 2. The molecule has 2 aliphatic heterocycles. The highest BCUT2D eigenvalue weighted by molar-refractivity contribution is 6.23. The molecule has 5 heterocycles. The van der Waals surface area contributed by atoms with Crippen molar-refractivity contribution in [1.29, 1.82) is 0 Å². The molecule has 0 saturated carbocycles. The van der Waals surface area contributed by atoms with Gasteiger partial charge >= 0.3 is 0 Å². The number of para-hydroxylation sites is 4. The van der Waals surface area contributed by atoms with Crippen LogP contribution in [0.15, 0.2) is 143 Å². The summed E-state index contributed by atoms with van der Waals surface area (Å²) < 4.78 is 8.90. The Bertz CT molecular complexity index is 2870. The van der Waals surface area contributed by atoms with Crippen LogP contribution >= 0.6 is 0 Å². The van der Waals surface area contributed by atoms with E-state index in [0.29, 0.717) is 0 Å². The zero-order valence-electron chi connectivity index (χ0n) is 25.7. The van der Waals surface area contributed by atoms with E-state index in [4.69, 9.17) is 9.41 Å². The lowest BCUT2D eigenvalue weighted by Gasteiger charge is -2.29. The van der Waals surface area contributed by atoms with Crippen molar-refractivity contribution in [3.05, 3.63) is 156 Å². The van der Waals surface area contributed by atoms with Gasteiger partial charge in [-0.1, -0.05) is 84.9 Å². The van der Waals surface area contributed by atoms with Gasteiger partial charge in [0.25, 0.3) is 0 Å². The Kier molecular flexibility index (Phi) is 5.10. The fourth-order valence-electron chi connectivity index (χ4n) is 7.96. The zero-order chi connectivity index (χ0) is 31.3. The summed E-state index contributed by atoms with van der Waals surface area (Å²) in [4.78, 5) is 9.68. The molecule has 9 aromatic rings. The second kappa shape index (κ2) is 9.53. The van der Waals surface area contributed by atoms with Crippen molar-refractivity contribution >= 4 is 83.8 Å². The van der Waals surface area contributed by atoms with Crippen LogP contribution < -0.4 is 5.32 Å². The number of hydrogen-bond donors (Lipinski definition) is 1. The van der Waals surface area contributed by atoms with Crippen molar-refractivity contribution < 1.29 is 4.42 Å². The Hall–Kier alpha value is -6.46. The van der Waals surface area contributed by atoms with Gasteiger partial charge in [-0.15, -0.1) is 0 Å². The van der Waals surface area contributed by atoms with E-state index in [1.54, 1.807) is 0 Å². The summed E-state index contributed by atoms with van der Waals surface area (Å²) in [5.41, 5.74) is 12.7. The SMILES string of the molecule is C1=Cc2cccc3c4ccc5cc6c(cc5c4n(c23)-c2cccc(C3Nc4ccccc4N=C3c3cccnc3)c21)oc1ccccc16. The van der Waals surface area contributed by atoms with Crippen LogP contribution in [0.3, 0.4) is 0 Å². The van der Waals surface area contributed by atoms with Crippen LogP contribution in [0.5, 0.6) is 0 Å². The minimum atomic E-state index is -0.186. The Morgan fingerprint density at radius 3 is 2.48 bits per heavy atom. The predicted octanol–water partition coefficient (Wildman–Crippen LogP) is 11.0. The maximum Gasteiger partial charge on any atom is 0.136 e. The molecule has 0 radical (unpaired) electrons. The van der Waals surface area contributed by atoms with Crippen LogP contribution in [0.4, 0.5) is 11.4 Å². The average Bonchev–Trinajstić information content (AvgIpc) is 3.62. The number of hydrogen-bond acceptors (Lipinski definition) is 4. The largest absolute Gasteiger partial charge is 0.456 e. The smallest absolute Gasteiger partial charge is 0.136 e. The Morgan fingerprint density at radius 1 is 0.646 bits per heavy atom. The molecule has 0 bridgehead atoms. The van der Waals surface area contributed by atoms with Crippen molar-refractivity contribution in [3.63, 3.8) is 0 Å². The molecule has 0 aliphatic carbocycles. The molecule has 1 atom stereocenters. The average molecular weight is 615 g/mol. The lowest BCUT2D eigenvalue weighted by Crippen LogP contribution is -2.26. The van der Waals surface area contributed by atoms with E-state index in [2.05, 4.69) is 124 Å². The van der Waals surface area contributed by atoms with Gasteiger partial charge in [-0.3, -0.25) is 4.98 Å². The minimum Gasteiger partial charge on any atom is -0.456 e. The van der Waals surface area contributed by atoms with Crippen LogP contribution in [-0.4, -0.2) is 15.3 Å². The van der Waals surface area contributed by atoms with Gasteiger partial charge in [-0.05, 0) is 65.0 Å². The Labute approximate surface area is 275 Å². The molecular formula is C43H26N4O. The quantitative estimate of drug-likeness (QED) is 0.211. The summed E-state index contributed by atoms with van der Waals surface area (Å²) in [6.45, 7) is 0. The van der Waals surface area contributed by atoms with Crippen LogP contribution in [0.2, 0.25) is 0 Å². The fraction of sp³-hybridized carbons (Fsp3) is 0.0233. The lowest BCUT2D eigenvalue weighted by molar-refractivity contribution is 0.669. The normalized spacial score (nSPS) is 15.1. The molecule has 1 N–H and O–H groups in total. The van der Waals surface area contributed by atoms with Crippen molar-refractivity contribution in [1.82, 2.24) is 9.55 Å². The molecule has 0 fully saturated rings. The topological polar surface area (TPSA) is 55.4 Å². The molecule has 6 aromatic carbocycles. The van der Waals surface area contributed by atoms with E-state index in [0.717, 1.165) is 61.4 Å². The third-order valence-corrected chi connectivity index (χ3v) is 10.1. The molecular weight excluding hydrogens is 589 g/mol. The molecule has 2 aliphatic rings. The number of nitrogens with one attached hydrogen (secondary N) is 1. The minimum absolute atomic E-state index is 0.186. The number of aliphatic imine (C=N–C) groups is 1. The molecule has 224 valence electrons. The first kappa shape index (κ1) is 25.7. The van der Waals surface area contributed by atoms with Crippen LogP contribution in [0.1, 0.15) is 28.3 Å². The summed E-state index contributed by atoms with van der Waals surface area (Å²) in [5.74, 6) is 0. The molecule has 5 heteroatoms. The van der Waals surface area contributed by atoms with E-state index >= 15 is 0 Å². The monoisotopic (exact) mass is 614 g/mol. The number of fused-ring (bicyclic) bond motifs is 11. The van der Waals surface area contributed by atoms with Gasteiger partial charge in [0.05, 0.1) is 39.8 Å². The summed E-state index contributed by atoms with van der Waals surface area (Å²) in [6.07, 6.45) is 8.26. The molecule has 48 heavy (non-hydrogen) atoms. The van der Waals surface area contributed by atoms with Gasteiger partial charge in [0.15, 0.2) is 0 Å². The first-order chi connectivity index (χ1) is 23.8. The summed E-state index contributed by atoms with van der Waals surface area (Å²) >= 11 is 0. The molecule has 0 spiro atoms. The van der Waals surface area contributed by atoms with E-state index < -0.39 is 0 Å². The van der Waals surface area contributed by atoms with Gasteiger partial charge in [0.2, 0.25) is 0 Å². The molecule has 0 saturated heterocycles. The van der Waals surface area contributed by atoms with E-state index in [9.17, 15) is 0 Å². The molecule has 11 rings (SSSR count). The third-order valence-electron chi connectivity index (χ3n) is 10.1. The summed E-state index contributed by atoms with van der Waals surface area (Å²) in [6, 6.07) is 42.8. The number of furan rings is 1. The standard InChI is InChI=1S/C43H26N4O/c1-4-16-38-29(10-1)34-22-26-18-20-32-31-12-5-8-25-17-19-28-30(11-6-15-37(28)47(42(25)31)43(32)33(26)23-39(34)48-38)41-40(27-9-7-21-44-24-27)45-35-13-2-3-14-36(35)46-41/h1-24,41,46H. The van der Waals surface area contributed by atoms with Crippen molar-refractivity contribution in [2.45, 2.75) is 6.04 Å². The Balaban J connectivity index is 1.22. The highest BCUT2D eigenvalue weighted by Gasteiger charge is 2.30. The van der Waals surface area contributed by atoms with Crippen molar-refractivity contribution in [3.8, 4) is 5.69 Å². The van der Waals surface area contributed by atoms with Gasteiger partial charge in [-0.2, -0.15) is 0 Å². The second-order valence-electron chi connectivity index (χ2n) is 12.7. The maximum absolute atomic E-state index is 6.42. The van der Waals surface area contributed by atoms with E-state index in [-0.39, 0.29) is 6.04 Å². The number of nitrogens with zero attached hydrogens (tertiary/aromatic N) is 3. The number of benzene rings is 6. The van der Waals surface area contributed by atoms with Gasteiger partial charge in [0.1, 0.15) is 11.2 Å². The van der Waals surface area contributed by atoms with Gasteiger partial charge in [0, 0.05) is 50.5 Å². The lowest BCUT2D eigenvalue weighted by atomic mass is 9.90. The number of pyridine rings is 1. The summed E-state index contributed by atoms with van der Waals surface area (Å²) in [7, 11) is 0. The predicted molar refractivity (Wildman–Crippen MR) is 198 cm³/mol. The second-order valence-corrected chi connectivity index (χ2v) is 12.7. The Morgan fingerprint density at radius 2 is 1.52 bits per heavy atom. The first-order valence-electron chi connectivity index (χ1n) is 16.3. The van der Waals surface area contributed by atoms with Crippen LogP contribution in [0, 0.1) is 0 Å². The van der Waals surface area contributed by atoms with E-state index in [1.165, 1.54) is 38.1 Å². The molecule has 5 nitrogen and oxygen atoms in total. The molecule has 1 unspecified atom stereocenters.